The van der Waals surface area contributed by atoms with Crippen molar-refractivity contribution >= 4 is 45.3 Å². The highest BCUT2D eigenvalue weighted by atomic mass is 32.2. The van der Waals surface area contributed by atoms with Crippen molar-refractivity contribution in [2.75, 3.05) is 11.5 Å². The van der Waals surface area contributed by atoms with Crippen molar-refractivity contribution in [1.29, 1.82) is 0 Å². The van der Waals surface area contributed by atoms with Gasteiger partial charge < -0.3 is 22.5 Å². The lowest BCUT2D eigenvalue weighted by atomic mass is 10.1. The zero-order valence-corrected chi connectivity index (χ0v) is 16.2. The first-order valence-corrected chi connectivity index (χ1v) is 9.37. The lowest BCUT2D eigenvalue weighted by Gasteiger charge is -2.08. The van der Waals surface area contributed by atoms with Gasteiger partial charge in [-0.3, -0.25) is 4.79 Å². The van der Waals surface area contributed by atoms with Gasteiger partial charge in [0, 0.05) is 22.7 Å². The van der Waals surface area contributed by atoms with E-state index in [1.54, 1.807) is 13.8 Å². The zero-order valence-electron chi connectivity index (χ0n) is 14.6. The summed E-state index contributed by atoms with van der Waals surface area (Å²) in [5, 5.41) is 3.09. The van der Waals surface area contributed by atoms with Gasteiger partial charge >= 0.3 is 5.51 Å². The first kappa shape index (κ1) is 21.0. The number of rotatable bonds is 5. The standard InChI is InChI=1S/C17H19F3N4OS2/c1-8(9(2)21)12-13(22)14(26-15(12)23)16(25)24-7-10-3-5-11(6-4-10)27-17(18,19)20/h3-6H,7,21-23H2,1-2H3,(H,24,25)/b9-8-. The molecule has 7 N–H and O–H groups in total. The van der Waals surface area contributed by atoms with E-state index < -0.39 is 11.4 Å². The lowest BCUT2D eigenvalue weighted by Crippen LogP contribution is -2.22. The van der Waals surface area contributed by atoms with Crippen molar-refractivity contribution in [2.45, 2.75) is 30.8 Å². The molecule has 146 valence electrons. The number of nitrogens with one attached hydrogen (secondary N) is 1. The number of benzene rings is 1. The fourth-order valence-electron chi connectivity index (χ4n) is 2.29. The van der Waals surface area contributed by atoms with Gasteiger partial charge in [0.1, 0.15) is 4.88 Å². The van der Waals surface area contributed by atoms with E-state index in [9.17, 15) is 18.0 Å². The molecule has 0 fully saturated rings. The molecule has 5 nitrogen and oxygen atoms in total. The highest BCUT2D eigenvalue weighted by Gasteiger charge is 2.29. The minimum absolute atomic E-state index is 0.0805. The molecule has 0 aliphatic rings. The average Bonchev–Trinajstić information content (AvgIpc) is 2.86. The van der Waals surface area contributed by atoms with E-state index in [4.69, 9.17) is 17.2 Å². The Morgan fingerprint density at radius 2 is 1.78 bits per heavy atom. The minimum atomic E-state index is -4.33. The number of halogens is 3. The van der Waals surface area contributed by atoms with E-state index in [0.29, 0.717) is 27.4 Å². The van der Waals surface area contributed by atoms with E-state index in [1.807, 2.05) is 0 Å². The Balaban J connectivity index is 2.09. The van der Waals surface area contributed by atoms with Gasteiger partial charge in [-0.1, -0.05) is 12.1 Å². The largest absolute Gasteiger partial charge is 0.446 e. The highest BCUT2D eigenvalue weighted by Crippen LogP contribution is 2.39. The Bertz CT molecular complexity index is 870. The number of thiophene rings is 1. The van der Waals surface area contributed by atoms with Crippen LogP contribution in [0.5, 0.6) is 0 Å². The maximum atomic E-state index is 12.4. The molecule has 0 unspecified atom stereocenters. The summed E-state index contributed by atoms with van der Waals surface area (Å²) in [6.07, 6.45) is 0. The highest BCUT2D eigenvalue weighted by molar-refractivity contribution is 8.00. The van der Waals surface area contributed by atoms with Gasteiger partial charge in [-0.15, -0.1) is 11.3 Å². The quantitative estimate of drug-likeness (QED) is 0.548. The van der Waals surface area contributed by atoms with Crippen molar-refractivity contribution in [2.24, 2.45) is 5.73 Å². The number of nitrogen functional groups attached to an aromatic ring is 2. The molecule has 27 heavy (non-hydrogen) atoms. The molecule has 0 saturated heterocycles. The number of carbonyl (C=O) groups is 1. The van der Waals surface area contributed by atoms with Gasteiger partial charge in [0.15, 0.2) is 0 Å². The van der Waals surface area contributed by atoms with Gasteiger partial charge in [0.25, 0.3) is 5.91 Å². The molecule has 2 rings (SSSR count). The van der Waals surface area contributed by atoms with Crippen LogP contribution in [0, 0.1) is 0 Å². The maximum Gasteiger partial charge on any atom is 0.446 e. The second kappa shape index (κ2) is 8.13. The van der Waals surface area contributed by atoms with Crippen molar-refractivity contribution in [3.63, 3.8) is 0 Å². The Morgan fingerprint density at radius 3 is 2.30 bits per heavy atom. The number of alkyl halides is 3. The normalized spacial score (nSPS) is 12.6. The Labute approximate surface area is 162 Å². The molecular formula is C17H19F3N4OS2. The van der Waals surface area contributed by atoms with Gasteiger partial charge in [-0.2, -0.15) is 13.2 Å². The molecule has 0 atom stereocenters. The van der Waals surface area contributed by atoms with Gasteiger partial charge in [0.05, 0.1) is 10.7 Å². The van der Waals surface area contributed by atoms with Crippen molar-refractivity contribution in [1.82, 2.24) is 5.32 Å². The Kier molecular flexibility index (Phi) is 6.32. The van der Waals surface area contributed by atoms with Crippen LogP contribution in [0.2, 0.25) is 0 Å². The van der Waals surface area contributed by atoms with Crippen LogP contribution >= 0.6 is 23.1 Å². The zero-order chi connectivity index (χ0) is 20.4. The van der Waals surface area contributed by atoms with Gasteiger partial charge in [-0.25, -0.2) is 0 Å². The van der Waals surface area contributed by atoms with Crippen LogP contribution in [0.25, 0.3) is 5.57 Å². The van der Waals surface area contributed by atoms with Crippen LogP contribution < -0.4 is 22.5 Å². The molecule has 1 heterocycles. The van der Waals surface area contributed by atoms with Crippen LogP contribution in [-0.4, -0.2) is 11.4 Å². The van der Waals surface area contributed by atoms with E-state index in [1.165, 1.54) is 24.3 Å². The number of anilines is 2. The smallest absolute Gasteiger partial charge is 0.402 e. The van der Waals surface area contributed by atoms with Crippen LogP contribution in [0.3, 0.4) is 0 Å². The third kappa shape index (κ3) is 5.33. The molecule has 10 heteroatoms. The monoisotopic (exact) mass is 416 g/mol. The Morgan fingerprint density at radius 1 is 1.19 bits per heavy atom. The van der Waals surface area contributed by atoms with E-state index in [0.717, 1.165) is 11.3 Å². The molecule has 2 aromatic rings. The summed E-state index contributed by atoms with van der Waals surface area (Å²) in [6, 6.07) is 5.76. The molecule has 0 aliphatic carbocycles. The number of allylic oxidation sites excluding steroid dienone is 2. The van der Waals surface area contributed by atoms with Crippen molar-refractivity contribution < 1.29 is 18.0 Å². The van der Waals surface area contributed by atoms with Crippen LogP contribution in [0.4, 0.5) is 23.9 Å². The average molecular weight is 416 g/mol. The predicted molar refractivity (Wildman–Crippen MR) is 105 cm³/mol. The lowest BCUT2D eigenvalue weighted by molar-refractivity contribution is -0.0328. The molecule has 0 bridgehead atoms. The minimum Gasteiger partial charge on any atom is -0.402 e. The van der Waals surface area contributed by atoms with Gasteiger partial charge in [-0.05, 0) is 48.9 Å². The molecular weight excluding hydrogens is 397 g/mol. The second-order valence-electron chi connectivity index (χ2n) is 5.77. The van der Waals surface area contributed by atoms with Crippen LogP contribution in [-0.2, 0) is 6.54 Å². The third-order valence-electron chi connectivity index (χ3n) is 3.76. The molecule has 0 radical (unpaired) electrons. The number of carbonyl (C=O) groups excluding carboxylic acids is 1. The summed E-state index contributed by atoms with van der Waals surface area (Å²) in [7, 11) is 0. The topological polar surface area (TPSA) is 107 Å². The SMILES string of the molecule is C/C(N)=C(\C)c1c(N)sc(C(=O)NCc2ccc(SC(F)(F)F)cc2)c1N. The summed E-state index contributed by atoms with van der Waals surface area (Å²) < 4.78 is 37.0. The summed E-state index contributed by atoms with van der Waals surface area (Å²) in [6.45, 7) is 3.63. The van der Waals surface area contributed by atoms with Crippen molar-refractivity contribution in [3.05, 3.63) is 46.0 Å². The first-order valence-electron chi connectivity index (χ1n) is 7.73. The fourth-order valence-corrected chi connectivity index (χ4v) is 3.79. The van der Waals surface area contributed by atoms with Crippen molar-refractivity contribution in [3.8, 4) is 0 Å². The van der Waals surface area contributed by atoms with E-state index in [2.05, 4.69) is 5.32 Å². The summed E-state index contributed by atoms with van der Waals surface area (Å²) in [5.74, 6) is -0.410. The Hall–Kier alpha value is -2.33. The second-order valence-corrected chi connectivity index (χ2v) is 7.96. The molecule has 0 aliphatic heterocycles. The molecule has 0 saturated carbocycles. The molecule has 1 aromatic heterocycles. The van der Waals surface area contributed by atoms with Gasteiger partial charge in [0.2, 0.25) is 0 Å². The molecule has 1 amide bonds. The van der Waals surface area contributed by atoms with Crippen LogP contribution in [0.15, 0.2) is 34.9 Å². The number of hydrogen-bond donors (Lipinski definition) is 4. The number of hydrogen-bond acceptors (Lipinski definition) is 6. The number of amides is 1. The summed E-state index contributed by atoms with van der Waals surface area (Å²) >= 11 is 0.873. The van der Waals surface area contributed by atoms with E-state index >= 15 is 0 Å². The first-order chi connectivity index (χ1) is 12.5. The molecule has 1 aromatic carbocycles. The predicted octanol–water partition coefficient (Wildman–Crippen LogP) is 4.16. The summed E-state index contributed by atoms with van der Waals surface area (Å²) in [5.41, 5.74) is 16.2. The number of nitrogens with two attached hydrogens (primary N) is 3. The third-order valence-corrected chi connectivity index (χ3v) is 5.53. The number of thioether (sulfide) groups is 1. The molecule has 0 spiro atoms. The van der Waals surface area contributed by atoms with Crippen LogP contribution in [0.1, 0.15) is 34.6 Å². The fraction of sp³-hybridized carbons (Fsp3) is 0.235. The van der Waals surface area contributed by atoms with E-state index in [-0.39, 0.29) is 33.8 Å². The maximum absolute atomic E-state index is 12.4. The summed E-state index contributed by atoms with van der Waals surface area (Å²) in [4.78, 5) is 12.8.